The minimum Gasteiger partial charge on any atom is -0.326 e. The first-order valence-corrected chi connectivity index (χ1v) is 9.92. The lowest BCUT2D eigenvalue weighted by Gasteiger charge is -2.14. The lowest BCUT2D eigenvalue weighted by atomic mass is 9.97. The third kappa shape index (κ3) is 3.51. The van der Waals surface area contributed by atoms with Gasteiger partial charge < -0.3 is 5.32 Å². The first-order valence-electron chi connectivity index (χ1n) is 8.03. The van der Waals surface area contributed by atoms with Crippen LogP contribution < -0.4 is 5.32 Å². The van der Waals surface area contributed by atoms with Crippen LogP contribution in [0.3, 0.4) is 0 Å². The number of rotatable bonds is 4. The van der Waals surface area contributed by atoms with E-state index in [9.17, 15) is 13.2 Å². The molecule has 0 aromatic heterocycles. The molecule has 0 heterocycles. The van der Waals surface area contributed by atoms with Gasteiger partial charge in [0.1, 0.15) is 0 Å². The first kappa shape index (κ1) is 16.7. The van der Waals surface area contributed by atoms with E-state index in [2.05, 4.69) is 17.4 Å². The molecule has 4 nitrogen and oxygen atoms in total. The Kier molecular flexibility index (Phi) is 4.45. The van der Waals surface area contributed by atoms with Crippen molar-refractivity contribution in [2.45, 2.75) is 37.0 Å². The minimum atomic E-state index is -3.29. The number of carbonyl (C=O) groups excluding carboxylic acids is 1. The van der Waals surface area contributed by atoms with Gasteiger partial charge in [0, 0.05) is 18.4 Å². The van der Waals surface area contributed by atoms with E-state index in [1.54, 1.807) is 12.1 Å². The molecular formula is C19H21NO3S. The molecule has 0 fully saturated rings. The first-order chi connectivity index (χ1) is 11.3. The SMILES string of the molecule is Cc1ccc(S(C)(=O)=O)cc1NC(=O)C[C@H]1CCc2ccccc21. The Morgan fingerprint density at radius 2 is 1.96 bits per heavy atom. The molecule has 2 aromatic carbocycles. The summed E-state index contributed by atoms with van der Waals surface area (Å²) in [6, 6.07) is 13.1. The quantitative estimate of drug-likeness (QED) is 0.925. The fourth-order valence-electron chi connectivity index (χ4n) is 3.25. The van der Waals surface area contributed by atoms with Crippen LogP contribution in [0.4, 0.5) is 5.69 Å². The maximum Gasteiger partial charge on any atom is 0.224 e. The van der Waals surface area contributed by atoms with Gasteiger partial charge >= 0.3 is 0 Å². The van der Waals surface area contributed by atoms with E-state index < -0.39 is 9.84 Å². The number of fused-ring (bicyclic) bond motifs is 1. The summed E-state index contributed by atoms with van der Waals surface area (Å²) in [7, 11) is -3.29. The topological polar surface area (TPSA) is 63.2 Å². The second kappa shape index (κ2) is 6.40. The van der Waals surface area contributed by atoms with Gasteiger partial charge in [-0.15, -0.1) is 0 Å². The summed E-state index contributed by atoms with van der Waals surface area (Å²) in [5.41, 5.74) is 4.00. The van der Waals surface area contributed by atoms with Crippen LogP contribution in [0.25, 0.3) is 0 Å². The number of anilines is 1. The standard InChI is InChI=1S/C19H21NO3S/c1-13-7-10-16(24(2,22)23)12-18(13)20-19(21)11-15-9-8-14-5-3-4-6-17(14)15/h3-7,10,12,15H,8-9,11H2,1-2H3,(H,20,21)/t15-/m1/s1. The second-order valence-corrected chi connectivity index (χ2v) is 8.45. The number of sulfone groups is 1. The lowest BCUT2D eigenvalue weighted by molar-refractivity contribution is -0.116. The highest BCUT2D eigenvalue weighted by molar-refractivity contribution is 7.90. The fraction of sp³-hybridized carbons (Fsp3) is 0.316. The van der Waals surface area contributed by atoms with Crippen molar-refractivity contribution < 1.29 is 13.2 Å². The molecule has 0 aliphatic heterocycles. The van der Waals surface area contributed by atoms with E-state index in [1.807, 2.05) is 19.1 Å². The van der Waals surface area contributed by atoms with Crippen molar-refractivity contribution in [1.82, 2.24) is 0 Å². The number of benzene rings is 2. The summed E-state index contributed by atoms with van der Waals surface area (Å²) in [5, 5.41) is 2.88. The molecule has 3 rings (SSSR count). The van der Waals surface area contributed by atoms with Crippen LogP contribution in [-0.2, 0) is 21.1 Å². The summed E-state index contributed by atoms with van der Waals surface area (Å²) >= 11 is 0. The Bertz CT molecular complexity index is 887. The van der Waals surface area contributed by atoms with Gasteiger partial charge in [0.2, 0.25) is 5.91 Å². The molecule has 0 radical (unpaired) electrons. The molecule has 1 N–H and O–H groups in total. The maximum atomic E-state index is 12.4. The number of hydrogen-bond acceptors (Lipinski definition) is 3. The van der Waals surface area contributed by atoms with Gasteiger partial charge in [-0.1, -0.05) is 30.3 Å². The van der Waals surface area contributed by atoms with Crippen LogP contribution in [0.15, 0.2) is 47.4 Å². The maximum absolute atomic E-state index is 12.4. The molecule has 2 aromatic rings. The van der Waals surface area contributed by atoms with Crippen LogP contribution in [-0.4, -0.2) is 20.6 Å². The predicted octanol–water partition coefficient (Wildman–Crippen LogP) is 3.46. The van der Waals surface area contributed by atoms with Crippen LogP contribution in [0.1, 0.15) is 35.4 Å². The second-order valence-electron chi connectivity index (χ2n) is 6.44. The minimum absolute atomic E-state index is 0.0783. The Labute approximate surface area is 142 Å². The molecule has 1 amide bonds. The van der Waals surface area contributed by atoms with Gasteiger partial charge in [0.15, 0.2) is 9.84 Å². The number of hydrogen-bond donors (Lipinski definition) is 1. The summed E-state index contributed by atoms with van der Waals surface area (Å²) in [4.78, 5) is 12.6. The molecule has 1 aliphatic rings. The highest BCUT2D eigenvalue weighted by Gasteiger charge is 2.24. The summed E-state index contributed by atoms with van der Waals surface area (Å²) < 4.78 is 23.4. The van der Waals surface area contributed by atoms with Gasteiger partial charge in [0.05, 0.1) is 4.90 Å². The van der Waals surface area contributed by atoms with Crippen molar-refractivity contribution in [1.29, 1.82) is 0 Å². The molecule has 0 saturated heterocycles. The molecular weight excluding hydrogens is 322 g/mol. The molecule has 1 aliphatic carbocycles. The summed E-state index contributed by atoms with van der Waals surface area (Å²) in [6.07, 6.45) is 3.57. The molecule has 126 valence electrons. The number of nitrogens with one attached hydrogen (secondary N) is 1. The fourth-order valence-corrected chi connectivity index (χ4v) is 3.90. The van der Waals surface area contributed by atoms with E-state index in [0.717, 1.165) is 18.4 Å². The van der Waals surface area contributed by atoms with Crippen molar-refractivity contribution in [3.63, 3.8) is 0 Å². The number of aryl methyl sites for hydroxylation is 2. The van der Waals surface area contributed by atoms with E-state index in [-0.39, 0.29) is 16.7 Å². The van der Waals surface area contributed by atoms with Crippen molar-refractivity contribution >= 4 is 21.4 Å². The zero-order chi connectivity index (χ0) is 17.3. The molecule has 0 unspecified atom stereocenters. The zero-order valence-electron chi connectivity index (χ0n) is 13.9. The Morgan fingerprint density at radius 3 is 2.71 bits per heavy atom. The number of amides is 1. The normalized spacial score (nSPS) is 16.7. The van der Waals surface area contributed by atoms with Gasteiger partial charge in [-0.2, -0.15) is 0 Å². The summed E-state index contributed by atoms with van der Waals surface area (Å²) in [5.74, 6) is 0.157. The Morgan fingerprint density at radius 1 is 1.21 bits per heavy atom. The third-order valence-electron chi connectivity index (χ3n) is 4.60. The van der Waals surface area contributed by atoms with E-state index >= 15 is 0 Å². The van der Waals surface area contributed by atoms with Crippen molar-refractivity contribution in [3.8, 4) is 0 Å². The monoisotopic (exact) mass is 343 g/mol. The molecule has 1 atom stereocenters. The van der Waals surface area contributed by atoms with Gasteiger partial charge in [0.25, 0.3) is 0 Å². The van der Waals surface area contributed by atoms with Crippen LogP contribution in [0.5, 0.6) is 0 Å². The molecule has 24 heavy (non-hydrogen) atoms. The average molecular weight is 343 g/mol. The smallest absolute Gasteiger partial charge is 0.224 e. The predicted molar refractivity (Wildman–Crippen MR) is 95.0 cm³/mol. The highest BCUT2D eigenvalue weighted by Crippen LogP contribution is 2.35. The zero-order valence-corrected chi connectivity index (χ0v) is 14.7. The highest BCUT2D eigenvalue weighted by atomic mass is 32.2. The molecule has 0 saturated carbocycles. The Hall–Kier alpha value is -2.14. The van der Waals surface area contributed by atoms with Crippen molar-refractivity contribution in [2.75, 3.05) is 11.6 Å². The van der Waals surface area contributed by atoms with Gasteiger partial charge in [-0.05, 0) is 54.5 Å². The molecule has 5 heteroatoms. The largest absolute Gasteiger partial charge is 0.326 e. The lowest BCUT2D eigenvalue weighted by Crippen LogP contribution is -2.15. The van der Waals surface area contributed by atoms with Crippen molar-refractivity contribution in [2.24, 2.45) is 0 Å². The number of carbonyl (C=O) groups is 1. The van der Waals surface area contributed by atoms with Gasteiger partial charge in [-0.3, -0.25) is 4.79 Å². The van der Waals surface area contributed by atoms with E-state index in [0.29, 0.717) is 12.1 Å². The van der Waals surface area contributed by atoms with Crippen LogP contribution in [0.2, 0.25) is 0 Å². The molecule has 0 spiro atoms. The van der Waals surface area contributed by atoms with Crippen molar-refractivity contribution in [3.05, 3.63) is 59.2 Å². The third-order valence-corrected chi connectivity index (χ3v) is 5.71. The van der Waals surface area contributed by atoms with E-state index in [1.165, 1.54) is 23.4 Å². The van der Waals surface area contributed by atoms with E-state index in [4.69, 9.17) is 0 Å². The van der Waals surface area contributed by atoms with Crippen LogP contribution in [0, 0.1) is 6.92 Å². The molecule has 0 bridgehead atoms. The Balaban J connectivity index is 1.74. The summed E-state index contributed by atoms with van der Waals surface area (Å²) in [6.45, 7) is 1.85. The van der Waals surface area contributed by atoms with Crippen LogP contribution >= 0.6 is 0 Å². The average Bonchev–Trinajstić information content (AvgIpc) is 2.91. The van der Waals surface area contributed by atoms with Gasteiger partial charge in [-0.25, -0.2) is 8.42 Å².